The van der Waals surface area contributed by atoms with Gasteiger partial charge in [0.2, 0.25) is 0 Å². The lowest BCUT2D eigenvalue weighted by atomic mass is 9.81. The van der Waals surface area contributed by atoms with Crippen LogP contribution >= 0.6 is 11.6 Å². The average molecular weight is 458 g/mol. The van der Waals surface area contributed by atoms with Gasteiger partial charge >= 0.3 is 0 Å². The number of Topliss-reactive ketones (excluding diaryl/α,β-unsaturated/α-hetero) is 1. The summed E-state index contributed by atoms with van der Waals surface area (Å²) in [7, 11) is 0. The van der Waals surface area contributed by atoms with Crippen molar-refractivity contribution in [3.63, 3.8) is 0 Å². The molecule has 4 rings (SSSR count). The van der Waals surface area contributed by atoms with Crippen LogP contribution in [-0.4, -0.2) is 16.4 Å². The summed E-state index contributed by atoms with van der Waals surface area (Å²) in [6.07, 6.45) is 2.93. The Morgan fingerprint density at radius 2 is 1.55 bits per heavy atom. The number of ketones is 1. The molecule has 0 saturated heterocycles. The first kappa shape index (κ1) is 23.2. The highest BCUT2D eigenvalue weighted by atomic mass is 35.5. The van der Waals surface area contributed by atoms with Gasteiger partial charge in [-0.1, -0.05) is 54.1 Å². The number of pyridine rings is 1. The minimum absolute atomic E-state index is 0.0318. The van der Waals surface area contributed by atoms with Gasteiger partial charge in [0.25, 0.3) is 0 Å². The molecule has 1 heterocycles. The van der Waals surface area contributed by atoms with Crippen LogP contribution < -0.4 is 0 Å². The van der Waals surface area contributed by atoms with E-state index in [0.29, 0.717) is 5.02 Å². The van der Waals surface area contributed by atoms with E-state index in [1.165, 1.54) is 0 Å². The zero-order valence-corrected chi connectivity index (χ0v) is 20.4. The Hall–Kier alpha value is -3.01. The van der Waals surface area contributed by atoms with E-state index in [0.717, 1.165) is 44.2 Å². The summed E-state index contributed by atoms with van der Waals surface area (Å²) in [4.78, 5) is 17.4. The van der Waals surface area contributed by atoms with E-state index in [4.69, 9.17) is 16.3 Å². The molecule has 0 spiro atoms. The van der Waals surface area contributed by atoms with Crippen molar-refractivity contribution in [2.45, 2.75) is 46.3 Å². The topological polar surface area (TPSA) is 39.2 Å². The van der Waals surface area contributed by atoms with Gasteiger partial charge in [-0.25, -0.2) is 0 Å². The Morgan fingerprint density at radius 3 is 2.09 bits per heavy atom. The lowest BCUT2D eigenvalue weighted by Crippen LogP contribution is -2.27. The van der Waals surface area contributed by atoms with Crippen molar-refractivity contribution < 1.29 is 9.53 Å². The molecule has 0 aliphatic carbocycles. The third-order valence-electron chi connectivity index (χ3n) is 5.70. The minimum Gasteiger partial charge on any atom is -0.360 e. The summed E-state index contributed by atoms with van der Waals surface area (Å²) in [5, 5.41) is 2.83. The summed E-state index contributed by atoms with van der Waals surface area (Å²) in [6, 6.07) is 20.1. The van der Waals surface area contributed by atoms with Crippen LogP contribution in [0, 0.1) is 6.92 Å². The molecule has 1 aromatic heterocycles. The highest BCUT2D eigenvalue weighted by Crippen LogP contribution is 2.45. The molecular formula is C29H28ClNO2. The zero-order chi connectivity index (χ0) is 23.8. The average Bonchev–Trinajstić information content (AvgIpc) is 2.77. The highest BCUT2D eigenvalue weighted by molar-refractivity contribution is 6.30. The molecule has 1 unspecified atom stereocenters. The van der Waals surface area contributed by atoms with Crippen molar-refractivity contribution in [1.82, 2.24) is 4.98 Å². The molecule has 0 radical (unpaired) electrons. The van der Waals surface area contributed by atoms with Crippen molar-refractivity contribution in [1.29, 1.82) is 0 Å². The van der Waals surface area contributed by atoms with Gasteiger partial charge in [-0.2, -0.15) is 0 Å². The fraction of sp³-hybridized carbons (Fsp3) is 0.241. The Morgan fingerprint density at radius 1 is 0.909 bits per heavy atom. The van der Waals surface area contributed by atoms with Gasteiger partial charge in [-0.05, 0) is 85.8 Å². The van der Waals surface area contributed by atoms with Gasteiger partial charge in [-0.3, -0.25) is 9.78 Å². The number of hydrogen-bond acceptors (Lipinski definition) is 3. The number of carbonyl (C=O) groups is 1. The SMILES string of the molecule is CC(=O)C(OC(C)(C)C)c1c(C)c(-c2cccnc2)c2ccccc2c1-c1ccc(Cl)cc1. The Balaban J connectivity index is 2.17. The van der Waals surface area contributed by atoms with E-state index < -0.39 is 11.7 Å². The predicted octanol–water partition coefficient (Wildman–Crippen LogP) is 7.98. The predicted molar refractivity (Wildman–Crippen MR) is 137 cm³/mol. The molecule has 0 N–H and O–H groups in total. The third kappa shape index (κ3) is 4.71. The first-order valence-corrected chi connectivity index (χ1v) is 11.4. The van der Waals surface area contributed by atoms with Gasteiger partial charge in [0.1, 0.15) is 6.10 Å². The second-order valence-corrected chi connectivity index (χ2v) is 9.74. The normalized spacial score (nSPS) is 12.7. The van der Waals surface area contributed by atoms with Crippen LogP contribution in [0.1, 0.15) is 44.9 Å². The fourth-order valence-electron chi connectivity index (χ4n) is 4.43. The van der Waals surface area contributed by atoms with E-state index in [2.05, 4.69) is 30.1 Å². The lowest BCUT2D eigenvalue weighted by molar-refractivity contribution is -0.138. The zero-order valence-electron chi connectivity index (χ0n) is 19.6. The summed E-state index contributed by atoms with van der Waals surface area (Å²) < 4.78 is 6.40. The van der Waals surface area contributed by atoms with E-state index in [9.17, 15) is 4.79 Å². The first-order chi connectivity index (χ1) is 15.7. The van der Waals surface area contributed by atoms with Gasteiger partial charge in [-0.15, -0.1) is 0 Å². The number of aromatic nitrogens is 1. The van der Waals surface area contributed by atoms with Crippen LogP contribution in [0.5, 0.6) is 0 Å². The highest BCUT2D eigenvalue weighted by Gasteiger charge is 2.31. The molecule has 0 amide bonds. The van der Waals surface area contributed by atoms with Crippen molar-refractivity contribution in [3.8, 4) is 22.3 Å². The molecule has 0 aliphatic heterocycles. The molecular weight excluding hydrogens is 430 g/mol. The molecule has 1 atom stereocenters. The van der Waals surface area contributed by atoms with E-state index in [-0.39, 0.29) is 5.78 Å². The van der Waals surface area contributed by atoms with Crippen molar-refractivity contribution in [2.75, 3.05) is 0 Å². The van der Waals surface area contributed by atoms with Crippen molar-refractivity contribution in [2.24, 2.45) is 0 Å². The molecule has 4 heteroatoms. The van der Waals surface area contributed by atoms with E-state index in [1.807, 2.05) is 69.4 Å². The molecule has 0 bridgehead atoms. The number of rotatable bonds is 5. The number of fused-ring (bicyclic) bond motifs is 1. The Labute approximate surface area is 200 Å². The van der Waals surface area contributed by atoms with Crippen molar-refractivity contribution in [3.05, 3.63) is 89.2 Å². The maximum Gasteiger partial charge on any atom is 0.163 e. The molecule has 33 heavy (non-hydrogen) atoms. The third-order valence-corrected chi connectivity index (χ3v) is 5.95. The molecule has 4 aromatic rings. The number of halogens is 1. The molecule has 168 valence electrons. The van der Waals surface area contributed by atoms with Crippen LogP contribution in [0.3, 0.4) is 0 Å². The maximum absolute atomic E-state index is 13.0. The number of carbonyl (C=O) groups excluding carboxylic acids is 1. The fourth-order valence-corrected chi connectivity index (χ4v) is 4.55. The number of hydrogen-bond donors (Lipinski definition) is 0. The van der Waals surface area contributed by atoms with Gasteiger partial charge < -0.3 is 4.74 Å². The standard InChI is InChI=1S/C29H28ClNO2/c1-18-25(21-9-8-16-31-17-21)23-10-6-7-11-24(23)27(20-12-14-22(30)15-13-20)26(18)28(19(2)32)33-29(3,4)5/h6-17,28H,1-5H3. The Kier molecular flexibility index (Phi) is 6.38. The molecule has 3 nitrogen and oxygen atoms in total. The summed E-state index contributed by atoms with van der Waals surface area (Å²) in [5.74, 6) is -0.0318. The summed E-state index contributed by atoms with van der Waals surface area (Å²) in [6.45, 7) is 9.60. The smallest absolute Gasteiger partial charge is 0.163 e. The van der Waals surface area contributed by atoms with Crippen LogP contribution in [-0.2, 0) is 9.53 Å². The van der Waals surface area contributed by atoms with Crippen LogP contribution in [0.25, 0.3) is 33.0 Å². The second kappa shape index (κ2) is 9.09. The van der Waals surface area contributed by atoms with Gasteiger partial charge in [0, 0.05) is 28.5 Å². The Bertz CT molecular complexity index is 1310. The largest absolute Gasteiger partial charge is 0.360 e. The van der Waals surface area contributed by atoms with Crippen LogP contribution in [0.15, 0.2) is 73.1 Å². The maximum atomic E-state index is 13.0. The van der Waals surface area contributed by atoms with Gasteiger partial charge in [0.05, 0.1) is 5.60 Å². The van der Waals surface area contributed by atoms with Crippen LogP contribution in [0.4, 0.5) is 0 Å². The summed E-state index contributed by atoms with van der Waals surface area (Å²) >= 11 is 6.21. The first-order valence-electron chi connectivity index (χ1n) is 11.1. The quantitative estimate of drug-likeness (QED) is 0.305. The second-order valence-electron chi connectivity index (χ2n) is 9.30. The molecule has 0 aliphatic rings. The summed E-state index contributed by atoms with van der Waals surface area (Å²) in [5.41, 5.74) is 5.46. The number of nitrogens with zero attached hydrogens (tertiary/aromatic N) is 1. The molecule has 0 saturated carbocycles. The number of ether oxygens (including phenoxy) is 1. The molecule has 0 fully saturated rings. The lowest BCUT2D eigenvalue weighted by Gasteiger charge is -2.31. The number of benzene rings is 3. The van der Waals surface area contributed by atoms with E-state index >= 15 is 0 Å². The minimum atomic E-state index is -0.712. The van der Waals surface area contributed by atoms with Gasteiger partial charge in [0.15, 0.2) is 5.78 Å². The van der Waals surface area contributed by atoms with Crippen molar-refractivity contribution >= 4 is 28.2 Å². The molecule has 3 aromatic carbocycles. The van der Waals surface area contributed by atoms with E-state index in [1.54, 1.807) is 13.1 Å². The monoisotopic (exact) mass is 457 g/mol. The van der Waals surface area contributed by atoms with Crippen LogP contribution in [0.2, 0.25) is 5.02 Å².